The van der Waals surface area contributed by atoms with E-state index < -0.39 is 0 Å². The van der Waals surface area contributed by atoms with Gasteiger partial charge in [-0.25, -0.2) is 9.78 Å². The Kier molecular flexibility index (Phi) is 4.91. The standard InChI is InChI=1S/C11H16N4OS/c1-8(4-12)6-15(3)11(16)13-5-10-7-17-9(2)14-10/h7-8H,5-6H2,1-3H3,(H,13,16)/t8-/m0/s1. The van der Waals surface area contributed by atoms with Crippen LogP contribution in [0.4, 0.5) is 4.79 Å². The van der Waals surface area contributed by atoms with Crippen molar-refractivity contribution in [2.24, 2.45) is 5.92 Å². The molecule has 0 radical (unpaired) electrons. The molecular formula is C11H16N4OS. The summed E-state index contributed by atoms with van der Waals surface area (Å²) in [6, 6.07) is 1.91. The van der Waals surface area contributed by atoms with Gasteiger partial charge in [0, 0.05) is 19.0 Å². The number of nitrogens with zero attached hydrogens (tertiary/aromatic N) is 3. The van der Waals surface area contributed by atoms with E-state index in [1.54, 1.807) is 25.3 Å². The van der Waals surface area contributed by atoms with Crippen molar-refractivity contribution in [1.29, 1.82) is 5.26 Å². The number of aromatic nitrogens is 1. The van der Waals surface area contributed by atoms with E-state index in [-0.39, 0.29) is 11.9 Å². The number of amides is 2. The van der Waals surface area contributed by atoms with Crippen molar-refractivity contribution < 1.29 is 4.79 Å². The minimum absolute atomic E-state index is 0.160. The number of urea groups is 1. The first-order chi connectivity index (χ1) is 8.02. The third-order valence-corrected chi connectivity index (χ3v) is 3.02. The molecule has 0 bridgehead atoms. The lowest BCUT2D eigenvalue weighted by Gasteiger charge is -2.18. The minimum Gasteiger partial charge on any atom is -0.332 e. The molecule has 0 aliphatic carbocycles. The van der Waals surface area contributed by atoms with Crippen molar-refractivity contribution in [2.75, 3.05) is 13.6 Å². The molecule has 0 spiro atoms. The van der Waals surface area contributed by atoms with Crippen LogP contribution in [0.25, 0.3) is 0 Å². The Hall–Kier alpha value is -1.61. The maximum atomic E-state index is 11.7. The number of nitriles is 1. The summed E-state index contributed by atoms with van der Waals surface area (Å²) >= 11 is 1.56. The number of aryl methyl sites for hydroxylation is 1. The van der Waals surface area contributed by atoms with Crippen molar-refractivity contribution in [3.05, 3.63) is 16.1 Å². The molecule has 1 N–H and O–H groups in total. The maximum Gasteiger partial charge on any atom is 0.317 e. The topological polar surface area (TPSA) is 69.0 Å². The quantitative estimate of drug-likeness (QED) is 0.887. The molecule has 6 heteroatoms. The number of carbonyl (C=O) groups is 1. The van der Waals surface area contributed by atoms with Gasteiger partial charge in [0.25, 0.3) is 0 Å². The third kappa shape index (κ3) is 4.41. The lowest BCUT2D eigenvalue weighted by Crippen LogP contribution is -2.39. The largest absolute Gasteiger partial charge is 0.332 e. The molecule has 0 unspecified atom stereocenters. The Morgan fingerprint density at radius 1 is 1.76 bits per heavy atom. The highest BCUT2D eigenvalue weighted by molar-refractivity contribution is 7.09. The summed E-state index contributed by atoms with van der Waals surface area (Å²) in [5.41, 5.74) is 0.864. The molecule has 0 aromatic carbocycles. The average Bonchev–Trinajstić information content (AvgIpc) is 2.71. The van der Waals surface area contributed by atoms with E-state index in [1.165, 1.54) is 4.90 Å². The van der Waals surface area contributed by atoms with Crippen molar-refractivity contribution in [1.82, 2.24) is 15.2 Å². The van der Waals surface area contributed by atoms with Gasteiger partial charge in [-0.05, 0) is 13.8 Å². The molecule has 17 heavy (non-hydrogen) atoms. The Morgan fingerprint density at radius 2 is 2.47 bits per heavy atom. The second-order valence-electron chi connectivity index (χ2n) is 3.93. The summed E-state index contributed by atoms with van der Waals surface area (Å²) < 4.78 is 0. The van der Waals surface area contributed by atoms with Gasteiger partial charge in [-0.3, -0.25) is 0 Å². The van der Waals surface area contributed by atoms with Crippen LogP contribution in [-0.4, -0.2) is 29.5 Å². The number of hydrogen-bond donors (Lipinski definition) is 1. The van der Waals surface area contributed by atoms with Crippen LogP contribution in [0.5, 0.6) is 0 Å². The summed E-state index contributed by atoms with van der Waals surface area (Å²) in [6.07, 6.45) is 0. The van der Waals surface area contributed by atoms with Gasteiger partial charge in [0.1, 0.15) is 0 Å². The molecule has 2 amide bonds. The Bertz CT molecular complexity index is 423. The predicted octanol–water partition coefficient (Wildman–Crippen LogP) is 1.75. The highest BCUT2D eigenvalue weighted by Gasteiger charge is 2.11. The van der Waals surface area contributed by atoms with Crippen LogP contribution in [0.1, 0.15) is 17.6 Å². The van der Waals surface area contributed by atoms with Gasteiger partial charge in [-0.15, -0.1) is 11.3 Å². The zero-order valence-corrected chi connectivity index (χ0v) is 11.0. The van der Waals surface area contributed by atoms with Crippen molar-refractivity contribution >= 4 is 17.4 Å². The van der Waals surface area contributed by atoms with E-state index >= 15 is 0 Å². The monoisotopic (exact) mass is 252 g/mol. The van der Waals surface area contributed by atoms with Crippen LogP contribution in [-0.2, 0) is 6.54 Å². The van der Waals surface area contributed by atoms with Crippen LogP contribution < -0.4 is 5.32 Å². The Morgan fingerprint density at radius 3 is 3.00 bits per heavy atom. The average molecular weight is 252 g/mol. The highest BCUT2D eigenvalue weighted by Crippen LogP contribution is 2.07. The summed E-state index contributed by atoms with van der Waals surface area (Å²) in [5.74, 6) is -0.160. The van der Waals surface area contributed by atoms with Crippen LogP contribution in [0.2, 0.25) is 0 Å². The van der Waals surface area contributed by atoms with E-state index in [4.69, 9.17) is 5.26 Å². The van der Waals surface area contributed by atoms with E-state index in [0.717, 1.165) is 10.7 Å². The molecule has 1 atom stereocenters. The van der Waals surface area contributed by atoms with E-state index in [1.807, 2.05) is 12.3 Å². The van der Waals surface area contributed by atoms with Crippen molar-refractivity contribution in [3.8, 4) is 6.07 Å². The van der Waals surface area contributed by atoms with Crippen LogP contribution in [0.3, 0.4) is 0 Å². The fourth-order valence-electron chi connectivity index (χ4n) is 1.33. The van der Waals surface area contributed by atoms with Gasteiger partial charge in [0.2, 0.25) is 0 Å². The van der Waals surface area contributed by atoms with E-state index in [9.17, 15) is 4.79 Å². The van der Waals surface area contributed by atoms with Crippen molar-refractivity contribution in [2.45, 2.75) is 20.4 Å². The fourth-order valence-corrected chi connectivity index (χ4v) is 1.94. The zero-order chi connectivity index (χ0) is 12.8. The molecule has 0 saturated carbocycles. The van der Waals surface area contributed by atoms with E-state index in [0.29, 0.717) is 13.1 Å². The molecule has 1 rings (SSSR count). The number of thiazole rings is 1. The van der Waals surface area contributed by atoms with Crippen LogP contribution >= 0.6 is 11.3 Å². The number of rotatable bonds is 4. The van der Waals surface area contributed by atoms with E-state index in [2.05, 4.69) is 16.4 Å². The molecule has 1 aromatic rings. The second-order valence-corrected chi connectivity index (χ2v) is 4.99. The normalized spacial score (nSPS) is 11.6. The third-order valence-electron chi connectivity index (χ3n) is 2.20. The first kappa shape index (κ1) is 13.5. The smallest absolute Gasteiger partial charge is 0.317 e. The number of hydrogen-bond acceptors (Lipinski definition) is 4. The predicted molar refractivity (Wildman–Crippen MR) is 66.5 cm³/mol. The SMILES string of the molecule is Cc1nc(CNC(=O)N(C)C[C@@H](C)C#N)cs1. The summed E-state index contributed by atoms with van der Waals surface area (Å²) in [7, 11) is 1.68. The molecule has 5 nitrogen and oxygen atoms in total. The molecule has 0 aliphatic rings. The maximum absolute atomic E-state index is 11.7. The molecule has 1 aromatic heterocycles. The van der Waals surface area contributed by atoms with Crippen LogP contribution in [0, 0.1) is 24.2 Å². The molecule has 0 aliphatic heterocycles. The lowest BCUT2D eigenvalue weighted by molar-refractivity contribution is 0.205. The molecule has 1 heterocycles. The Labute approximate surface area is 105 Å². The first-order valence-corrected chi connectivity index (χ1v) is 6.20. The highest BCUT2D eigenvalue weighted by atomic mass is 32.1. The number of nitrogens with one attached hydrogen (secondary N) is 1. The summed E-state index contributed by atoms with van der Waals surface area (Å²) in [6.45, 7) is 4.57. The van der Waals surface area contributed by atoms with Gasteiger partial charge in [0.05, 0.1) is 29.2 Å². The molecule has 0 saturated heterocycles. The van der Waals surface area contributed by atoms with Crippen molar-refractivity contribution in [3.63, 3.8) is 0 Å². The fraction of sp³-hybridized carbons (Fsp3) is 0.545. The van der Waals surface area contributed by atoms with Gasteiger partial charge in [0.15, 0.2) is 0 Å². The second kappa shape index (κ2) is 6.21. The lowest BCUT2D eigenvalue weighted by atomic mass is 10.2. The summed E-state index contributed by atoms with van der Waals surface area (Å²) in [5, 5.41) is 14.3. The number of carbonyl (C=O) groups excluding carboxylic acids is 1. The zero-order valence-electron chi connectivity index (χ0n) is 10.2. The minimum atomic E-state index is -0.183. The Balaban J connectivity index is 2.37. The van der Waals surface area contributed by atoms with Gasteiger partial charge in [-0.1, -0.05) is 0 Å². The first-order valence-electron chi connectivity index (χ1n) is 5.32. The summed E-state index contributed by atoms with van der Waals surface area (Å²) in [4.78, 5) is 17.4. The molecular weight excluding hydrogens is 236 g/mol. The molecule has 92 valence electrons. The van der Waals surface area contributed by atoms with Gasteiger partial charge in [-0.2, -0.15) is 5.26 Å². The molecule has 0 fully saturated rings. The van der Waals surface area contributed by atoms with Crippen LogP contribution in [0.15, 0.2) is 5.38 Å². The van der Waals surface area contributed by atoms with Gasteiger partial charge >= 0.3 is 6.03 Å². The van der Waals surface area contributed by atoms with Gasteiger partial charge < -0.3 is 10.2 Å².